The van der Waals surface area contributed by atoms with Crippen molar-refractivity contribution < 1.29 is 19.1 Å². The van der Waals surface area contributed by atoms with E-state index in [2.05, 4.69) is 5.32 Å². The molecule has 1 aliphatic heterocycles. The summed E-state index contributed by atoms with van der Waals surface area (Å²) in [5.74, 6) is -0.699. The maximum Gasteiger partial charge on any atom is 0.321 e. The van der Waals surface area contributed by atoms with Gasteiger partial charge >= 0.3 is 12.0 Å². The third-order valence-electron chi connectivity index (χ3n) is 4.32. The molecule has 0 atom stereocenters. The number of rotatable bonds is 4. The van der Waals surface area contributed by atoms with Crippen LogP contribution in [0.1, 0.15) is 33.6 Å². The Balaban J connectivity index is 1.76. The molecule has 6 nitrogen and oxygen atoms in total. The lowest BCUT2D eigenvalue weighted by Crippen LogP contribution is -2.43. The molecular formula is C19H26N2O4. The van der Waals surface area contributed by atoms with Crippen LogP contribution in [-0.2, 0) is 14.3 Å². The van der Waals surface area contributed by atoms with Crippen LogP contribution in [0.2, 0.25) is 0 Å². The second-order valence-corrected chi connectivity index (χ2v) is 7.34. The van der Waals surface area contributed by atoms with Gasteiger partial charge < -0.3 is 15.0 Å². The van der Waals surface area contributed by atoms with Crippen molar-refractivity contribution in [1.29, 1.82) is 0 Å². The number of esters is 1. The number of piperidine rings is 1. The van der Waals surface area contributed by atoms with Crippen molar-refractivity contribution in [3.63, 3.8) is 0 Å². The zero-order valence-electron chi connectivity index (χ0n) is 15.1. The number of carbonyl (C=O) groups is 3. The van der Waals surface area contributed by atoms with Crippen molar-refractivity contribution in [2.45, 2.75) is 33.6 Å². The van der Waals surface area contributed by atoms with Gasteiger partial charge in [-0.1, -0.05) is 39.0 Å². The lowest BCUT2D eigenvalue weighted by molar-refractivity contribution is -0.155. The standard InChI is InChI=1S/C19H26N2O4/c1-19(2,3)16(22)13-25-17(23)14-9-11-21(12-10-14)18(24)20-15-7-5-4-6-8-15/h4-8,14H,9-13H2,1-3H3,(H,20,24). The fourth-order valence-electron chi connectivity index (χ4n) is 2.51. The van der Waals surface area contributed by atoms with E-state index >= 15 is 0 Å². The number of amides is 2. The first-order chi connectivity index (χ1) is 11.8. The highest BCUT2D eigenvalue weighted by Crippen LogP contribution is 2.21. The van der Waals surface area contributed by atoms with E-state index in [9.17, 15) is 14.4 Å². The van der Waals surface area contributed by atoms with Crippen LogP contribution in [0.4, 0.5) is 10.5 Å². The molecule has 1 heterocycles. The van der Waals surface area contributed by atoms with Crippen molar-refractivity contribution in [2.75, 3.05) is 25.0 Å². The topological polar surface area (TPSA) is 75.7 Å². The predicted octanol–water partition coefficient (Wildman–Crippen LogP) is 3.09. The van der Waals surface area contributed by atoms with Gasteiger partial charge in [-0.3, -0.25) is 9.59 Å². The lowest BCUT2D eigenvalue weighted by atomic mass is 9.91. The van der Waals surface area contributed by atoms with Gasteiger partial charge in [-0.2, -0.15) is 0 Å². The molecule has 1 aromatic carbocycles. The van der Waals surface area contributed by atoms with E-state index in [1.54, 1.807) is 25.7 Å². The molecule has 2 amide bonds. The summed E-state index contributed by atoms with van der Waals surface area (Å²) in [6.45, 7) is 6.20. The Hall–Kier alpha value is -2.37. The molecule has 1 aromatic rings. The SMILES string of the molecule is CC(C)(C)C(=O)COC(=O)C1CCN(C(=O)Nc2ccccc2)CC1. The summed E-state index contributed by atoms with van der Waals surface area (Å²) in [5, 5.41) is 2.84. The van der Waals surface area contributed by atoms with Crippen molar-refractivity contribution in [1.82, 2.24) is 4.90 Å². The van der Waals surface area contributed by atoms with Gasteiger partial charge in [-0.05, 0) is 25.0 Å². The van der Waals surface area contributed by atoms with Crippen molar-refractivity contribution in [3.05, 3.63) is 30.3 Å². The molecule has 6 heteroatoms. The van der Waals surface area contributed by atoms with Gasteiger partial charge in [0.05, 0.1) is 5.92 Å². The number of benzene rings is 1. The molecule has 0 unspecified atom stereocenters. The summed E-state index contributed by atoms with van der Waals surface area (Å²) in [5.41, 5.74) is 0.230. The third kappa shape index (κ3) is 5.59. The van der Waals surface area contributed by atoms with E-state index in [1.807, 2.05) is 30.3 Å². The molecular weight excluding hydrogens is 320 g/mol. The Morgan fingerprint density at radius 1 is 1.12 bits per heavy atom. The highest BCUT2D eigenvalue weighted by molar-refractivity contribution is 5.89. The Kier molecular flexibility index (Phi) is 6.17. The molecule has 1 aliphatic rings. The Morgan fingerprint density at radius 3 is 2.28 bits per heavy atom. The first kappa shape index (κ1) is 19.0. The van der Waals surface area contributed by atoms with Crippen LogP contribution in [0.15, 0.2) is 30.3 Å². The number of Topliss-reactive ketones (excluding diaryl/α,β-unsaturated/α-hetero) is 1. The largest absolute Gasteiger partial charge is 0.457 e. The van der Waals surface area contributed by atoms with Crippen LogP contribution in [-0.4, -0.2) is 42.4 Å². The predicted molar refractivity (Wildman–Crippen MR) is 95.2 cm³/mol. The first-order valence-electron chi connectivity index (χ1n) is 8.58. The van der Waals surface area contributed by atoms with E-state index in [1.165, 1.54) is 0 Å². The normalized spacial score (nSPS) is 15.6. The molecule has 0 spiro atoms. The first-order valence-corrected chi connectivity index (χ1v) is 8.58. The summed E-state index contributed by atoms with van der Waals surface area (Å²) in [7, 11) is 0. The van der Waals surface area contributed by atoms with Crippen molar-refractivity contribution in [3.8, 4) is 0 Å². The number of carbonyl (C=O) groups excluding carboxylic acids is 3. The average Bonchev–Trinajstić information content (AvgIpc) is 2.59. The molecule has 1 saturated heterocycles. The number of para-hydroxylation sites is 1. The molecule has 0 radical (unpaired) electrons. The van der Waals surface area contributed by atoms with Gasteiger partial charge in [0.1, 0.15) is 0 Å². The maximum absolute atomic E-state index is 12.2. The van der Waals surface area contributed by atoms with Gasteiger partial charge in [0.15, 0.2) is 12.4 Å². The quantitative estimate of drug-likeness (QED) is 0.850. The molecule has 2 rings (SSSR count). The zero-order chi connectivity index (χ0) is 18.4. The van der Waals surface area contributed by atoms with Crippen LogP contribution in [0, 0.1) is 11.3 Å². The Morgan fingerprint density at radius 2 is 1.72 bits per heavy atom. The minimum Gasteiger partial charge on any atom is -0.457 e. The van der Waals surface area contributed by atoms with Crippen LogP contribution < -0.4 is 5.32 Å². The molecule has 25 heavy (non-hydrogen) atoms. The minimum atomic E-state index is -0.515. The average molecular weight is 346 g/mol. The highest BCUT2D eigenvalue weighted by Gasteiger charge is 2.30. The van der Waals surface area contributed by atoms with Crippen LogP contribution >= 0.6 is 0 Å². The molecule has 1 fully saturated rings. The summed E-state index contributed by atoms with van der Waals surface area (Å²) in [6, 6.07) is 9.09. The van der Waals surface area contributed by atoms with E-state index in [0.29, 0.717) is 25.9 Å². The third-order valence-corrected chi connectivity index (χ3v) is 4.32. The molecule has 0 aliphatic carbocycles. The second kappa shape index (κ2) is 8.14. The number of urea groups is 1. The van der Waals surface area contributed by atoms with Gasteiger partial charge in [-0.15, -0.1) is 0 Å². The molecule has 136 valence electrons. The zero-order valence-corrected chi connectivity index (χ0v) is 15.1. The highest BCUT2D eigenvalue weighted by atomic mass is 16.5. The van der Waals surface area contributed by atoms with E-state index in [-0.39, 0.29) is 30.3 Å². The van der Waals surface area contributed by atoms with Crippen LogP contribution in [0.25, 0.3) is 0 Å². The maximum atomic E-state index is 12.2. The number of nitrogens with one attached hydrogen (secondary N) is 1. The molecule has 1 N–H and O–H groups in total. The van der Waals surface area contributed by atoms with Crippen LogP contribution in [0.3, 0.4) is 0 Å². The Bertz CT molecular complexity index is 614. The fraction of sp³-hybridized carbons (Fsp3) is 0.526. The van der Waals surface area contributed by atoms with Gasteiger partial charge in [0, 0.05) is 24.2 Å². The number of hydrogen-bond acceptors (Lipinski definition) is 4. The summed E-state index contributed by atoms with van der Waals surface area (Å²) in [4.78, 5) is 37.8. The molecule has 0 bridgehead atoms. The lowest BCUT2D eigenvalue weighted by Gasteiger charge is -2.31. The van der Waals surface area contributed by atoms with Crippen molar-refractivity contribution in [2.24, 2.45) is 11.3 Å². The van der Waals surface area contributed by atoms with E-state index in [0.717, 1.165) is 5.69 Å². The van der Waals surface area contributed by atoms with Crippen molar-refractivity contribution >= 4 is 23.5 Å². The van der Waals surface area contributed by atoms with E-state index in [4.69, 9.17) is 4.74 Å². The monoisotopic (exact) mass is 346 g/mol. The molecule has 0 aromatic heterocycles. The Labute approximate surface area is 148 Å². The van der Waals surface area contributed by atoms with Gasteiger partial charge in [0.25, 0.3) is 0 Å². The number of ether oxygens (including phenoxy) is 1. The number of anilines is 1. The summed E-state index contributed by atoms with van der Waals surface area (Å²) in [6.07, 6.45) is 1.09. The number of ketones is 1. The summed E-state index contributed by atoms with van der Waals surface area (Å²) < 4.78 is 5.15. The van der Waals surface area contributed by atoms with Crippen LogP contribution in [0.5, 0.6) is 0 Å². The number of likely N-dealkylation sites (tertiary alicyclic amines) is 1. The van der Waals surface area contributed by atoms with Gasteiger partial charge in [-0.25, -0.2) is 4.79 Å². The smallest absolute Gasteiger partial charge is 0.321 e. The second-order valence-electron chi connectivity index (χ2n) is 7.34. The number of nitrogens with zero attached hydrogens (tertiary/aromatic N) is 1. The number of hydrogen-bond donors (Lipinski definition) is 1. The van der Waals surface area contributed by atoms with E-state index < -0.39 is 5.41 Å². The fourth-order valence-corrected chi connectivity index (χ4v) is 2.51. The minimum absolute atomic E-state index is 0.0967. The summed E-state index contributed by atoms with van der Waals surface area (Å²) >= 11 is 0. The molecule has 0 saturated carbocycles. The van der Waals surface area contributed by atoms with Gasteiger partial charge in [0.2, 0.25) is 0 Å².